The van der Waals surface area contributed by atoms with Crippen LogP contribution in [0.2, 0.25) is 0 Å². The summed E-state index contributed by atoms with van der Waals surface area (Å²) < 4.78 is 0. The number of aryl methyl sites for hydroxylation is 1. The first-order valence-corrected chi connectivity index (χ1v) is 4.64. The minimum absolute atomic E-state index is 0.829. The van der Waals surface area contributed by atoms with Gasteiger partial charge in [-0.3, -0.25) is 0 Å². The van der Waals surface area contributed by atoms with E-state index in [-0.39, 0.29) is 0 Å². The summed E-state index contributed by atoms with van der Waals surface area (Å²) in [6.07, 6.45) is 1.82. The monoisotopic (exact) mass is 183 g/mol. The molecule has 0 aliphatic heterocycles. The van der Waals surface area contributed by atoms with Crippen LogP contribution in [-0.4, -0.2) is 0 Å². The van der Waals surface area contributed by atoms with E-state index in [1.165, 1.54) is 10.9 Å². The first-order valence-electron chi connectivity index (χ1n) is 4.64. The predicted molar refractivity (Wildman–Crippen MR) is 63.2 cm³/mol. The number of hydrogen-bond donors (Lipinski definition) is 1. The smallest absolute Gasteiger partial charge is 0.0469 e. The Bertz CT molecular complexity index is 498. The first-order chi connectivity index (χ1) is 6.74. The molecule has 70 valence electrons. The van der Waals surface area contributed by atoms with E-state index in [2.05, 4.69) is 25.6 Å². The topological polar surface area (TPSA) is 26.0 Å². The summed E-state index contributed by atoms with van der Waals surface area (Å²) in [5.74, 6) is 0. The van der Waals surface area contributed by atoms with Gasteiger partial charge in [-0.05, 0) is 17.9 Å². The molecule has 0 aromatic heterocycles. The molecule has 2 rings (SSSR count). The highest BCUT2D eigenvalue weighted by Crippen LogP contribution is 2.28. The average Bonchev–Trinajstić information content (AvgIpc) is 2.18. The van der Waals surface area contributed by atoms with Crippen molar-refractivity contribution in [1.82, 2.24) is 0 Å². The number of nitrogen functional groups attached to an aromatic ring is 1. The molecular formula is C13H13N. The van der Waals surface area contributed by atoms with Gasteiger partial charge in [-0.1, -0.05) is 43.0 Å². The molecular weight excluding hydrogens is 170 g/mol. The third kappa shape index (κ3) is 1.18. The SMILES string of the molecule is C=Cc1c(C)cc2ccccc2c1N. The Labute approximate surface area is 83.9 Å². The standard InChI is InChI=1S/C13H13N/c1-3-11-9(2)8-10-6-4-5-7-12(10)13(11)14/h3-8H,1,14H2,2H3. The zero-order valence-corrected chi connectivity index (χ0v) is 8.25. The van der Waals surface area contributed by atoms with Crippen LogP contribution in [0.3, 0.4) is 0 Å². The Morgan fingerprint density at radius 2 is 2.00 bits per heavy atom. The molecule has 1 nitrogen and oxygen atoms in total. The summed E-state index contributed by atoms with van der Waals surface area (Å²) in [4.78, 5) is 0. The van der Waals surface area contributed by atoms with Gasteiger partial charge in [-0.25, -0.2) is 0 Å². The zero-order chi connectivity index (χ0) is 10.1. The highest BCUT2D eigenvalue weighted by Gasteiger charge is 2.04. The average molecular weight is 183 g/mol. The first kappa shape index (κ1) is 8.82. The molecule has 0 saturated carbocycles. The predicted octanol–water partition coefficient (Wildman–Crippen LogP) is 3.37. The van der Waals surface area contributed by atoms with E-state index in [1.54, 1.807) is 0 Å². The summed E-state index contributed by atoms with van der Waals surface area (Å²) >= 11 is 0. The van der Waals surface area contributed by atoms with Gasteiger partial charge in [-0.15, -0.1) is 0 Å². The van der Waals surface area contributed by atoms with Crippen LogP contribution < -0.4 is 5.73 Å². The van der Waals surface area contributed by atoms with E-state index < -0.39 is 0 Å². The molecule has 0 unspecified atom stereocenters. The van der Waals surface area contributed by atoms with Gasteiger partial charge in [0.05, 0.1) is 0 Å². The van der Waals surface area contributed by atoms with E-state index in [0.717, 1.165) is 16.6 Å². The molecule has 0 atom stereocenters. The normalized spacial score (nSPS) is 10.4. The Kier molecular flexibility index (Phi) is 2.01. The lowest BCUT2D eigenvalue weighted by atomic mass is 9.99. The maximum Gasteiger partial charge on any atom is 0.0469 e. The van der Waals surface area contributed by atoms with E-state index >= 15 is 0 Å². The molecule has 0 aliphatic rings. The van der Waals surface area contributed by atoms with E-state index in [0.29, 0.717) is 0 Å². The van der Waals surface area contributed by atoms with Crippen molar-refractivity contribution in [2.45, 2.75) is 6.92 Å². The molecule has 0 saturated heterocycles. The van der Waals surface area contributed by atoms with Gasteiger partial charge < -0.3 is 5.73 Å². The van der Waals surface area contributed by atoms with Crippen LogP contribution in [0.4, 0.5) is 5.69 Å². The van der Waals surface area contributed by atoms with Gasteiger partial charge in [0.25, 0.3) is 0 Å². The summed E-state index contributed by atoms with van der Waals surface area (Å²) in [6.45, 7) is 5.83. The van der Waals surface area contributed by atoms with Crippen molar-refractivity contribution in [3.63, 3.8) is 0 Å². The summed E-state index contributed by atoms with van der Waals surface area (Å²) in [6, 6.07) is 10.3. The van der Waals surface area contributed by atoms with Gasteiger partial charge in [0.15, 0.2) is 0 Å². The van der Waals surface area contributed by atoms with Gasteiger partial charge in [0.2, 0.25) is 0 Å². The zero-order valence-electron chi connectivity index (χ0n) is 8.25. The fraction of sp³-hybridized carbons (Fsp3) is 0.0769. The molecule has 0 radical (unpaired) electrons. The lowest BCUT2D eigenvalue weighted by Crippen LogP contribution is -1.93. The highest BCUT2D eigenvalue weighted by molar-refractivity contribution is 5.97. The Balaban J connectivity index is 2.92. The second kappa shape index (κ2) is 3.18. The van der Waals surface area contributed by atoms with Gasteiger partial charge in [-0.2, -0.15) is 0 Å². The maximum absolute atomic E-state index is 6.06. The lowest BCUT2D eigenvalue weighted by molar-refractivity contribution is 1.47. The van der Waals surface area contributed by atoms with Crippen LogP contribution >= 0.6 is 0 Å². The number of anilines is 1. The Morgan fingerprint density at radius 3 is 2.71 bits per heavy atom. The van der Waals surface area contributed by atoms with Crippen LogP contribution in [0, 0.1) is 6.92 Å². The van der Waals surface area contributed by atoms with Crippen molar-refractivity contribution < 1.29 is 0 Å². The second-order valence-electron chi connectivity index (χ2n) is 3.45. The number of benzene rings is 2. The molecule has 0 heterocycles. The van der Waals surface area contributed by atoms with Gasteiger partial charge in [0, 0.05) is 16.6 Å². The molecule has 1 heteroatoms. The van der Waals surface area contributed by atoms with Crippen molar-refractivity contribution in [1.29, 1.82) is 0 Å². The Morgan fingerprint density at radius 1 is 1.29 bits per heavy atom. The fourth-order valence-corrected chi connectivity index (χ4v) is 1.81. The van der Waals surface area contributed by atoms with Crippen LogP contribution in [0.15, 0.2) is 36.9 Å². The number of fused-ring (bicyclic) bond motifs is 1. The third-order valence-electron chi connectivity index (χ3n) is 2.54. The largest absolute Gasteiger partial charge is 0.398 e. The van der Waals surface area contributed by atoms with Crippen molar-refractivity contribution in [2.75, 3.05) is 5.73 Å². The lowest BCUT2D eigenvalue weighted by Gasteiger charge is -2.09. The minimum atomic E-state index is 0.829. The fourth-order valence-electron chi connectivity index (χ4n) is 1.81. The van der Waals surface area contributed by atoms with Gasteiger partial charge in [0.1, 0.15) is 0 Å². The minimum Gasteiger partial charge on any atom is -0.398 e. The number of nitrogens with two attached hydrogens (primary N) is 1. The number of rotatable bonds is 1. The van der Waals surface area contributed by atoms with Crippen LogP contribution in [-0.2, 0) is 0 Å². The molecule has 0 amide bonds. The molecule has 0 bridgehead atoms. The molecule has 2 aromatic carbocycles. The van der Waals surface area contributed by atoms with Crippen molar-refractivity contribution in [3.05, 3.63) is 48.0 Å². The second-order valence-corrected chi connectivity index (χ2v) is 3.45. The van der Waals surface area contributed by atoms with Crippen molar-refractivity contribution in [3.8, 4) is 0 Å². The molecule has 2 N–H and O–H groups in total. The summed E-state index contributed by atoms with van der Waals surface area (Å²) in [5, 5.41) is 2.29. The molecule has 0 aliphatic carbocycles. The van der Waals surface area contributed by atoms with E-state index in [4.69, 9.17) is 5.73 Å². The van der Waals surface area contributed by atoms with Crippen LogP contribution in [0.25, 0.3) is 16.8 Å². The third-order valence-corrected chi connectivity index (χ3v) is 2.54. The Hall–Kier alpha value is -1.76. The molecule has 2 aromatic rings. The maximum atomic E-state index is 6.06. The van der Waals surface area contributed by atoms with Crippen molar-refractivity contribution >= 4 is 22.5 Å². The molecule has 0 fully saturated rings. The van der Waals surface area contributed by atoms with E-state index in [9.17, 15) is 0 Å². The van der Waals surface area contributed by atoms with E-state index in [1.807, 2.05) is 24.3 Å². The van der Waals surface area contributed by atoms with Gasteiger partial charge >= 0.3 is 0 Å². The van der Waals surface area contributed by atoms with Crippen LogP contribution in [0.1, 0.15) is 11.1 Å². The van der Waals surface area contributed by atoms with Crippen molar-refractivity contribution in [2.24, 2.45) is 0 Å². The summed E-state index contributed by atoms with van der Waals surface area (Å²) in [7, 11) is 0. The molecule has 14 heavy (non-hydrogen) atoms. The highest BCUT2D eigenvalue weighted by atomic mass is 14.6. The number of hydrogen-bond acceptors (Lipinski definition) is 1. The quantitative estimate of drug-likeness (QED) is 0.674. The molecule has 0 spiro atoms. The summed E-state index contributed by atoms with van der Waals surface area (Å²) in [5.41, 5.74) is 9.11. The van der Waals surface area contributed by atoms with Crippen LogP contribution in [0.5, 0.6) is 0 Å².